The Kier molecular flexibility index (Phi) is 8.70. The highest BCUT2D eigenvalue weighted by atomic mass is 35.5. The Hall–Kier alpha value is -2.33. The van der Waals surface area contributed by atoms with Crippen LogP contribution in [0.2, 0.25) is 0 Å². The number of nitrogens with zero attached hydrogens (tertiary/aromatic N) is 1. The Labute approximate surface area is 171 Å². The summed E-state index contributed by atoms with van der Waals surface area (Å²) in [5.41, 5.74) is 6.13. The molecule has 0 aliphatic carbocycles. The van der Waals surface area contributed by atoms with Crippen LogP contribution in [0.3, 0.4) is 0 Å². The Morgan fingerprint density at radius 1 is 1.14 bits per heavy atom. The number of methoxy groups -OCH3 is 1. The summed E-state index contributed by atoms with van der Waals surface area (Å²) in [7, 11) is 0.437. The molecule has 0 heterocycles. The van der Waals surface area contributed by atoms with Crippen LogP contribution in [0.1, 0.15) is 10.4 Å². The van der Waals surface area contributed by atoms with E-state index < -0.39 is 15.9 Å². The zero-order valence-corrected chi connectivity index (χ0v) is 17.5. The van der Waals surface area contributed by atoms with Gasteiger partial charge in [0.25, 0.3) is 5.91 Å². The molecule has 1 amide bonds. The highest BCUT2D eigenvalue weighted by Crippen LogP contribution is 2.27. The van der Waals surface area contributed by atoms with Crippen LogP contribution in [0.25, 0.3) is 0 Å². The van der Waals surface area contributed by atoms with Crippen molar-refractivity contribution in [3.63, 3.8) is 0 Å². The van der Waals surface area contributed by atoms with Gasteiger partial charge in [0.2, 0.25) is 10.0 Å². The summed E-state index contributed by atoms with van der Waals surface area (Å²) < 4.78 is 36.5. The molecule has 154 valence electrons. The Bertz CT molecular complexity index is 902. The number of hydrogen-bond acceptors (Lipinski definition) is 6. The first-order valence-corrected chi connectivity index (χ1v) is 9.58. The molecule has 0 aliphatic rings. The smallest absolute Gasteiger partial charge is 0.255 e. The Morgan fingerprint density at radius 2 is 1.79 bits per heavy atom. The van der Waals surface area contributed by atoms with Crippen LogP contribution in [0.15, 0.2) is 47.4 Å². The molecule has 0 unspecified atom stereocenters. The minimum absolute atomic E-state index is 0. The third-order valence-electron chi connectivity index (χ3n) is 3.68. The summed E-state index contributed by atoms with van der Waals surface area (Å²) in [6.07, 6.45) is 0. The van der Waals surface area contributed by atoms with Gasteiger partial charge < -0.3 is 20.5 Å². The van der Waals surface area contributed by atoms with Gasteiger partial charge in [0.15, 0.2) is 0 Å². The van der Waals surface area contributed by atoms with Crippen molar-refractivity contribution in [2.24, 2.45) is 5.73 Å². The van der Waals surface area contributed by atoms with Gasteiger partial charge in [0.1, 0.15) is 23.0 Å². The minimum atomic E-state index is -3.76. The fourth-order valence-electron chi connectivity index (χ4n) is 2.23. The van der Waals surface area contributed by atoms with Crippen LogP contribution in [0.4, 0.5) is 5.69 Å². The lowest BCUT2D eigenvalue weighted by Crippen LogP contribution is -2.23. The molecule has 0 aromatic heterocycles. The van der Waals surface area contributed by atoms with Gasteiger partial charge in [-0.25, -0.2) is 12.7 Å². The lowest BCUT2D eigenvalue weighted by atomic mass is 10.2. The first-order chi connectivity index (χ1) is 12.8. The Morgan fingerprint density at radius 3 is 2.32 bits per heavy atom. The van der Waals surface area contributed by atoms with E-state index in [2.05, 4.69) is 5.32 Å². The van der Waals surface area contributed by atoms with E-state index >= 15 is 0 Å². The van der Waals surface area contributed by atoms with E-state index in [1.54, 1.807) is 24.3 Å². The maximum Gasteiger partial charge on any atom is 0.255 e. The molecule has 2 aromatic rings. The maximum absolute atomic E-state index is 12.5. The highest BCUT2D eigenvalue weighted by molar-refractivity contribution is 7.89. The van der Waals surface area contributed by atoms with Crippen LogP contribution < -0.4 is 20.5 Å². The number of ether oxygens (including phenoxy) is 2. The third-order valence-corrected chi connectivity index (χ3v) is 5.52. The molecule has 10 heteroatoms. The molecule has 0 bridgehead atoms. The number of anilines is 1. The van der Waals surface area contributed by atoms with Crippen molar-refractivity contribution in [3.05, 3.63) is 48.0 Å². The highest BCUT2D eigenvalue weighted by Gasteiger charge is 2.24. The van der Waals surface area contributed by atoms with Crippen LogP contribution >= 0.6 is 12.4 Å². The van der Waals surface area contributed by atoms with Crippen LogP contribution in [-0.4, -0.2) is 53.0 Å². The average molecular weight is 430 g/mol. The predicted molar refractivity (Wildman–Crippen MR) is 110 cm³/mol. The second-order valence-corrected chi connectivity index (χ2v) is 7.89. The first kappa shape index (κ1) is 23.7. The van der Waals surface area contributed by atoms with E-state index in [0.717, 1.165) is 4.31 Å². The molecule has 0 spiro atoms. The summed E-state index contributed by atoms with van der Waals surface area (Å²) in [5.74, 6) is 0.368. The second-order valence-electron chi connectivity index (χ2n) is 5.77. The monoisotopic (exact) mass is 429 g/mol. The largest absolute Gasteiger partial charge is 0.495 e. The van der Waals surface area contributed by atoms with Crippen LogP contribution in [0, 0.1) is 0 Å². The standard InChI is InChI=1S/C18H23N3O5S.ClH/c1-21(2)27(23,24)17-12-13(4-9-16(17)25-3)18(22)20-14-5-7-15(8-6-14)26-11-10-19;/h4-9,12H,10-11,19H2,1-3H3,(H,20,22);1H. The SMILES string of the molecule is COc1ccc(C(=O)Nc2ccc(OCCN)cc2)cc1S(=O)(=O)N(C)C.Cl. The number of hydrogen-bond donors (Lipinski definition) is 2. The van der Waals surface area contributed by atoms with Crippen molar-refractivity contribution < 1.29 is 22.7 Å². The van der Waals surface area contributed by atoms with E-state index in [9.17, 15) is 13.2 Å². The van der Waals surface area contributed by atoms with Gasteiger partial charge in [-0.1, -0.05) is 0 Å². The van der Waals surface area contributed by atoms with E-state index in [0.29, 0.717) is 24.6 Å². The third kappa shape index (κ3) is 5.59. The number of halogens is 1. The Balaban J connectivity index is 0.00000392. The molecular weight excluding hydrogens is 406 g/mol. The molecular formula is C18H24ClN3O5S. The maximum atomic E-state index is 12.5. The van der Waals surface area contributed by atoms with E-state index in [-0.39, 0.29) is 28.6 Å². The van der Waals surface area contributed by atoms with Crippen molar-refractivity contribution in [1.82, 2.24) is 4.31 Å². The molecule has 0 atom stereocenters. The first-order valence-electron chi connectivity index (χ1n) is 8.14. The lowest BCUT2D eigenvalue weighted by molar-refractivity contribution is 0.102. The van der Waals surface area contributed by atoms with Crippen molar-refractivity contribution in [2.75, 3.05) is 39.7 Å². The van der Waals surface area contributed by atoms with Crippen molar-refractivity contribution >= 4 is 34.0 Å². The summed E-state index contributed by atoms with van der Waals surface area (Å²) in [6.45, 7) is 0.814. The van der Waals surface area contributed by atoms with Crippen molar-refractivity contribution in [3.8, 4) is 11.5 Å². The fourth-order valence-corrected chi connectivity index (χ4v) is 3.31. The van der Waals surface area contributed by atoms with Gasteiger partial charge in [0.05, 0.1) is 7.11 Å². The van der Waals surface area contributed by atoms with Gasteiger partial charge >= 0.3 is 0 Å². The zero-order chi connectivity index (χ0) is 20.0. The summed E-state index contributed by atoms with van der Waals surface area (Å²) in [6, 6.07) is 11.0. The summed E-state index contributed by atoms with van der Waals surface area (Å²) in [5, 5.41) is 2.72. The van der Waals surface area contributed by atoms with E-state index in [1.165, 1.54) is 39.4 Å². The van der Waals surface area contributed by atoms with Crippen LogP contribution in [-0.2, 0) is 10.0 Å². The number of rotatable bonds is 8. The number of sulfonamides is 1. The molecule has 0 aliphatic heterocycles. The molecule has 28 heavy (non-hydrogen) atoms. The van der Waals surface area contributed by atoms with Gasteiger partial charge in [-0.15, -0.1) is 12.4 Å². The number of nitrogens with one attached hydrogen (secondary N) is 1. The lowest BCUT2D eigenvalue weighted by Gasteiger charge is -2.15. The van der Waals surface area contributed by atoms with Gasteiger partial charge in [-0.3, -0.25) is 4.79 Å². The number of amides is 1. The topological polar surface area (TPSA) is 111 Å². The summed E-state index contributed by atoms with van der Waals surface area (Å²) in [4.78, 5) is 12.4. The molecule has 8 nitrogen and oxygen atoms in total. The fraction of sp³-hybridized carbons (Fsp3) is 0.278. The molecule has 0 saturated heterocycles. The van der Waals surface area contributed by atoms with Crippen molar-refractivity contribution in [1.29, 1.82) is 0 Å². The van der Waals surface area contributed by atoms with Gasteiger partial charge in [0, 0.05) is 31.9 Å². The predicted octanol–water partition coefficient (Wildman–Crippen LogP) is 1.96. The second kappa shape index (κ2) is 10.3. The van der Waals surface area contributed by atoms with E-state index in [1.807, 2.05) is 0 Å². The molecule has 3 N–H and O–H groups in total. The average Bonchev–Trinajstić information content (AvgIpc) is 2.66. The number of benzene rings is 2. The molecule has 0 radical (unpaired) electrons. The number of carbonyl (C=O) groups is 1. The number of carbonyl (C=O) groups excluding carboxylic acids is 1. The van der Waals surface area contributed by atoms with Crippen molar-refractivity contribution in [2.45, 2.75) is 4.90 Å². The number of nitrogens with two attached hydrogens (primary N) is 1. The molecule has 2 rings (SSSR count). The normalized spacial score (nSPS) is 10.9. The minimum Gasteiger partial charge on any atom is -0.495 e. The van der Waals surface area contributed by atoms with E-state index in [4.69, 9.17) is 15.2 Å². The zero-order valence-electron chi connectivity index (χ0n) is 15.8. The van der Waals surface area contributed by atoms with Crippen LogP contribution in [0.5, 0.6) is 11.5 Å². The summed E-state index contributed by atoms with van der Waals surface area (Å²) >= 11 is 0. The van der Waals surface area contributed by atoms with Gasteiger partial charge in [-0.2, -0.15) is 0 Å². The molecule has 0 saturated carbocycles. The molecule has 2 aromatic carbocycles. The van der Waals surface area contributed by atoms with Gasteiger partial charge in [-0.05, 0) is 42.5 Å². The quantitative estimate of drug-likeness (QED) is 0.663. The molecule has 0 fully saturated rings.